The van der Waals surface area contributed by atoms with Gasteiger partial charge in [-0.15, -0.1) is 0 Å². The van der Waals surface area contributed by atoms with Crippen LogP contribution in [0.4, 0.5) is 4.79 Å². The SMILES string of the molecule is CC(C)N(CC(O)COC1(C)C(=O)C=COC1C)C(=O)OC(C)(C)C. The first kappa shape index (κ1) is 21.4. The van der Waals surface area contributed by atoms with E-state index in [4.69, 9.17) is 14.2 Å². The number of carbonyl (C=O) groups is 2. The van der Waals surface area contributed by atoms with Crippen LogP contribution in [0.5, 0.6) is 0 Å². The molecule has 1 heterocycles. The molecule has 0 spiro atoms. The molecule has 3 atom stereocenters. The van der Waals surface area contributed by atoms with Crippen LogP contribution in [-0.2, 0) is 19.0 Å². The molecule has 1 aliphatic rings. The van der Waals surface area contributed by atoms with Gasteiger partial charge in [0.1, 0.15) is 11.7 Å². The average Bonchev–Trinajstić information content (AvgIpc) is 2.46. The molecular formula is C18H31NO6. The highest BCUT2D eigenvalue weighted by atomic mass is 16.6. The molecule has 25 heavy (non-hydrogen) atoms. The maximum absolute atomic E-state index is 12.3. The van der Waals surface area contributed by atoms with Crippen LogP contribution in [0.1, 0.15) is 48.5 Å². The van der Waals surface area contributed by atoms with Crippen molar-refractivity contribution >= 4 is 11.9 Å². The lowest BCUT2D eigenvalue weighted by atomic mass is 9.93. The van der Waals surface area contributed by atoms with Crippen molar-refractivity contribution in [2.45, 2.75) is 77.9 Å². The minimum Gasteiger partial charge on any atom is -0.495 e. The van der Waals surface area contributed by atoms with E-state index in [2.05, 4.69) is 0 Å². The second kappa shape index (κ2) is 8.19. The van der Waals surface area contributed by atoms with Gasteiger partial charge in [0, 0.05) is 12.1 Å². The predicted molar refractivity (Wildman–Crippen MR) is 93.1 cm³/mol. The number of aliphatic hydroxyl groups excluding tert-OH is 1. The van der Waals surface area contributed by atoms with Crippen LogP contribution in [0, 0.1) is 0 Å². The molecule has 0 aliphatic carbocycles. The van der Waals surface area contributed by atoms with Gasteiger partial charge in [-0.1, -0.05) is 0 Å². The Morgan fingerprint density at radius 2 is 2.04 bits per heavy atom. The largest absolute Gasteiger partial charge is 0.495 e. The van der Waals surface area contributed by atoms with Crippen molar-refractivity contribution < 1.29 is 28.9 Å². The summed E-state index contributed by atoms with van der Waals surface area (Å²) in [5.74, 6) is -0.216. The van der Waals surface area contributed by atoms with E-state index in [1.165, 1.54) is 17.2 Å². The monoisotopic (exact) mass is 357 g/mol. The van der Waals surface area contributed by atoms with Gasteiger partial charge in [0.25, 0.3) is 0 Å². The van der Waals surface area contributed by atoms with Crippen molar-refractivity contribution in [3.8, 4) is 0 Å². The normalized spacial score (nSPS) is 24.8. The topological polar surface area (TPSA) is 85.3 Å². The van der Waals surface area contributed by atoms with Crippen molar-refractivity contribution in [1.29, 1.82) is 0 Å². The van der Waals surface area contributed by atoms with Crippen LogP contribution in [0.2, 0.25) is 0 Å². The smallest absolute Gasteiger partial charge is 0.410 e. The van der Waals surface area contributed by atoms with Gasteiger partial charge in [-0.25, -0.2) is 4.79 Å². The number of nitrogens with zero attached hydrogens (tertiary/aromatic N) is 1. The first-order valence-electron chi connectivity index (χ1n) is 8.55. The molecule has 1 rings (SSSR count). The lowest BCUT2D eigenvalue weighted by Crippen LogP contribution is -2.52. The molecule has 1 N–H and O–H groups in total. The quantitative estimate of drug-likeness (QED) is 0.785. The zero-order valence-electron chi connectivity index (χ0n) is 16.2. The van der Waals surface area contributed by atoms with Gasteiger partial charge in [-0.05, 0) is 48.5 Å². The number of amides is 1. The van der Waals surface area contributed by atoms with Gasteiger partial charge in [-0.3, -0.25) is 4.79 Å². The second-order valence-electron chi connectivity index (χ2n) is 7.74. The number of rotatable bonds is 6. The van der Waals surface area contributed by atoms with E-state index >= 15 is 0 Å². The fraction of sp³-hybridized carbons (Fsp3) is 0.778. The summed E-state index contributed by atoms with van der Waals surface area (Å²) < 4.78 is 16.3. The minimum absolute atomic E-state index is 0.0436. The van der Waals surface area contributed by atoms with Gasteiger partial charge < -0.3 is 24.2 Å². The molecule has 0 aromatic carbocycles. The van der Waals surface area contributed by atoms with E-state index in [-0.39, 0.29) is 25.0 Å². The molecule has 144 valence electrons. The molecule has 0 fully saturated rings. The lowest BCUT2D eigenvalue weighted by Gasteiger charge is -2.36. The van der Waals surface area contributed by atoms with Crippen LogP contribution < -0.4 is 0 Å². The van der Waals surface area contributed by atoms with Crippen molar-refractivity contribution in [3.63, 3.8) is 0 Å². The highest BCUT2D eigenvalue weighted by Crippen LogP contribution is 2.25. The van der Waals surface area contributed by atoms with E-state index in [1.807, 2.05) is 13.8 Å². The molecular weight excluding hydrogens is 326 g/mol. The molecule has 1 amide bonds. The lowest BCUT2D eigenvalue weighted by molar-refractivity contribution is -0.163. The number of hydrogen-bond donors (Lipinski definition) is 1. The van der Waals surface area contributed by atoms with Gasteiger partial charge in [-0.2, -0.15) is 0 Å². The Kier molecular flexibility index (Phi) is 7.02. The number of carbonyl (C=O) groups excluding carboxylic acids is 2. The van der Waals surface area contributed by atoms with Crippen LogP contribution >= 0.6 is 0 Å². The fourth-order valence-electron chi connectivity index (χ4n) is 2.27. The minimum atomic E-state index is -1.16. The number of aliphatic hydroxyl groups is 1. The third kappa shape index (κ3) is 6.01. The standard InChI is InChI=1S/C18H31NO6/c1-12(2)19(16(22)25-17(4,5)6)10-14(20)11-24-18(7)13(3)23-9-8-15(18)21/h8-9,12-14,20H,10-11H2,1-7H3. The molecule has 0 radical (unpaired) electrons. The maximum Gasteiger partial charge on any atom is 0.410 e. The van der Waals surface area contributed by atoms with Gasteiger partial charge in [0.05, 0.1) is 25.5 Å². The van der Waals surface area contributed by atoms with E-state index in [1.54, 1.807) is 34.6 Å². The van der Waals surface area contributed by atoms with Crippen LogP contribution in [0.15, 0.2) is 12.3 Å². The molecule has 1 aliphatic heterocycles. The molecule has 0 aromatic heterocycles. The maximum atomic E-state index is 12.3. The summed E-state index contributed by atoms with van der Waals surface area (Å²) >= 11 is 0. The van der Waals surface area contributed by atoms with Crippen LogP contribution in [0.3, 0.4) is 0 Å². The molecule has 0 saturated heterocycles. The molecule has 0 saturated carbocycles. The predicted octanol–water partition coefficient (Wildman–Crippen LogP) is 2.27. The Balaban J connectivity index is 2.66. The summed E-state index contributed by atoms with van der Waals surface area (Å²) in [7, 11) is 0. The first-order valence-corrected chi connectivity index (χ1v) is 8.55. The Bertz CT molecular complexity index is 510. The molecule has 0 aromatic rings. The third-order valence-electron chi connectivity index (χ3n) is 4.00. The number of hydrogen-bond acceptors (Lipinski definition) is 6. The van der Waals surface area contributed by atoms with Crippen molar-refractivity contribution in [2.75, 3.05) is 13.2 Å². The molecule has 0 bridgehead atoms. The van der Waals surface area contributed by atoms with Gasteiger partial charge in [0.2, 0.25) is 0 Å². The third-order valence-corrected chi connectivity index (χ3v) is 4.00. The summed E-state index contributed by atoms with van der Waals surface area (Å²) in [6.07, 6.45) is 0.730. The summed E-state index contributed by atoms with van der Waals surface area (Å²) in [4.78, 5) is 25.8. The number of ketones is 1. The summed E-state index contributed by atoms with van der Waals surface area (Å²) in [5.41, 5.74) is -1.78. The Morgan fingerprint density at radius 3 is 2.52 bits per heavy atom. The van der Waals surface area contributed by atoms with Crippen molar-refractivity contribution in [2.24, 2.45) is 0 Å². The molecule has 3 unspecified atom stereocenters. The second-order valence-corrected chi connectivity index (χ2v) is 7.74. The molecule has 7 nitrogen and oxygen atoms in total. The van der Waals surface area contributed by atoms with E-state index in [0.717, 1.165) is 0 Å². The van der Waals surface area contributed by atoms with E-state index in [0.29, 0.717) is 0 Å². The number of ether oxygens (including phenoxy) is 3. The Hall–Kier alpha value is -1.60. The first-order chi connectivity index (χ1) is 11.4. The Labute approximate surface area is 149 Å². The fourth-order valence-corrected chi connectivity index (χ4v) is 2.27. The van der Waals surface area contributed by atoms with Crippen molar-refractivity contribution in [3.05, 3.63) is 12.3 Å². The van der Waals surface area contributed by atoms with Crippen LogP contribution in [-0.4, -0.2) is 64.5 Å². The summed E-state index contributed by atoms with van der Waals surface area (Å²) in [6, 6.07) is -0.151. The van der Waals surface area contributed by atoms with Crippen LogP contribution in [0.25, 0.3) is 0 Å². The van der Waals surface area contributed by atoms with Gasteiger partial charge >= 0.3 is 6.09 Å². The average molecular weight is 357 g/mol. The highest BCUT2D eigenvalue weighted by molar-refractivity contribution is 5.97. The Morgan fingerprint density at radius 1 is 1.44 bits per heavy atom. The summed E-state index contributed by atoms with van der Waals surface area (Å²) in [5, 5.41) is 10.3. The van der Waals surface area contributed by atoms with E-state index in [9.17, 15) is 14.7 Å². The summed E-state index contributed by atoms with van der Waals surface area (Å²) in [6.45, 7) is 12.3. The van der Waals surface area contributed by atoms with E-state index < -0.39 is 29.5 Å². The zero-order chi connectivity index (χ0) is 19.4. The highest BCUT2D eigenvalue weighted by Gasteiger charge is 2.42. The molecule has 7 heteroatoms. The van der Waals surface area contributed by atoms with Gasteiger partial charge in [0.15, 0.2) is 11.4 Å². The zero-order valence-corrected chi connectivity index (χ0v) is 16.2. The van der Waals surface area contributed by atoms with Crippen molar-refractivity contribution in [1.82, 2.24) is 4.90 Å².